The van der Waals surface area contributed by atoms with Crippen molar-refractivity contribution in [1.29, 1.82) is 0 Å². The lowest BCUT2D eigenvalue weighted by atomic mass is 10.4. The molecule has 0 spiro atoms. The van der Waals surface area contributed by atoms with E-state index in [4.69, 9.17) is 4.74 Å². The molecule has 1 N–H and O–H groups in total. The van der Waals surface area contributed by atoms with Gasteiger partial charge >= 0.3 is 0 Å². The quantitative estimate of drug-likeness (QED) is 0.694. The van der Waals surface area contributed by atoms with E-state index in [9.17, 15) is 4.79 Å². The van der Waals surface area contributed by atoms with Crippen molar-refractivity contribution in [3.05, 3.63) is 24.0 Å². The van der Waals surface area contributed by atoms with Crippen molar-refractivity contribution in [1.82, 2.24) is 15.5 Å². The van der Waals surface area contributed by atoms with Gasteiger partial charge < -0.3 is 10.1 Å². The first-order valence-corrected chi connectivity index (χ1v) is 4.94. The molecule has 1 rings (SSSR count). The molecule has 0 unspecified atom stereocenters. The zero-order valence-electron chi connectivity index (χ0n) is 8.77. The Morgan fingerprint density at radius 2 is 2.47 bits per heavy atom. The molecule has 5 nitrogen and oxygen atoms in total. The third kappa shape index (κ3) is 5.07. The van der Waals surface area contributed by atoms with Crippen molar-refractivity contribution in [2.24, 2.45) is 0 Å². The molecule has 15 heavy (non-hydrogen) atoms. The van der Waals surface area contributed by atoms with E-state index in [1.165, 1.54) is 0 Å². The van der Waals surface area contributed by atoms with Crippen molar-refractivity contribution in [3.8, 4) is 0 Å². The van der Waals surface area contributed by atoms with Gasteiger partial charge in [-0.3, -0.25) is 4.79 Å². The molecule has 0 aliphatic heterocycles. The van der Waals surface area contributed by atoms with Gasteiger partial charge in [0.05, 0.1) is 12.2 Å². The van der Waals surface area contributed by atoms with Crippen molar-refractivity contribution in [2.75, 3.05) is 13.2 Å². The highest BCUT2D eigenvalue weighted by Gasteiger charge is 2.01. The fourth-order valence-corrected chi connectivity index (χ4v) is 0.977. The number of nitrogens with zero attached hydrogens (tertiary/aromatic N) is 2. The standard InChI is InChI=1S/C10H15N3O2/c1-2-6-15-8-10(14)11-7-9-4-3-5-12-13-9/h3-5H,2,6-8H2,1H3,(H,11,14). The van der Waals surface area contributed by atoms with E-state index in [2.05, 4.69) is 15.5 Å². The first-order chi connectivity index (χ1) is 7.33. The Bertz CT molecular complexity index is 290. The van der Waals surface area contributed by atoms with Crippen LogP contribution in [0.5, 0.6) is 0 Å². The summed E-state index contributed by atoms with van der Waals surface area (Å²) < 4.78 is 5.08. The van der Waals surface area contributed by atoms with Crippen molar-refractivity contribution < 1.29 is 9.53 Å². The molecule has 0 radical (unpaired) electrons. The van der Waals surface area contributed by atoms with Crippen LogP contribution in [0, 0.1) is 0 Å². The van der Waals surface area contributed by atoms with Gasteiger partial charge in [-0.15, -0.1) is 0 Å². The molecule has 0 saturated heterocycles. The van der Waals surface area contributed by atoms with Gasteiger partial charge in [0.25, 0.3) is 0 Å². The number of ether oxygens (including phenoxy) is 1. The molecular weight excluding hydrogens is 194 g/mol. The smallest absolute Gasteiger partial charge is 0.246 e. The van der Waals surface area contributed by atoms with Crippen molar-refractivity contribution >= 4 is 5.91 Å². The fourth-order valence-electron chi connectivity index (χ4n) is 0.977. The molecule has 1 aromatic heterocycles. The van der Waals surface area contributed by atoms with Gasteiger partial charge in [-0.2, -0.15) is 10.2 Å². The van der Waals surface area contributed by atoms with Crippen LogP contribution in [-0.2, 0) is 16.1 Å². The second kappa shape index (κ2) is 6.89. The highest BCUT2D eigenvalue weighted by Crippen LogP contribution is 1.89. The van der Waals surface area contributed by atoms with E-state index >= 15 is 0 Å². The molecule has 0 aliphatic carbocycles. The number of aromatic nitrogens is 2. The van der Waals surface area contributed by atoms with Gasteiger partial charge in [0.1, 0.15) is 6.61 Å². The van der Waals surface area contributed by atoms with Crippen LogP contribution in [0.25, 0.3) is 0 Å². The Morgan fingerprint density at radius 1 is 1.60 bits per heavy atom. The van der Waals surface area contributed by atoms with Crippen LogP contribution in [0.1, 0.15) is 19.0 Å². The number of hydrogen-bond acceptors (Lipinski definition) is 4. The normalized spacial score (nSPS) is 9.93. The molecule has 0 fully saturated rings. The lowest BCUT2D eigenvalue weighted by Crippen LogP contribution is -2.27. The van der Waals surface area contributed by atoms with Gasteiger partial charge in [0.2, 0.25) is 5.91 Å². The van der Waals surface area contributed by atoms with Crippen LogP contribution < -0.4 is 5.32 Å². The number of hydrogen-bond donors (Lipinski definition) is 1. The van der Waals surface area contributed by atoms with E-state index in [0.29, 0.717) is 13.2 Å². The monoisotopic (exact) mass is 209 g/mol. The van der Waals surface area contributed by atoms with Crippen molar-refractivity contribution in [2.45, 2.75) is 19.9 Å². The molecule has 1 amide bonds. The Labute approximate surface area is 88.9 Å². The summed E-state index contributed by atoms with van der Waals surface area (Å²) in [7, 11) is 0. The first kappa shape index (κ1) is 11.6. The molecule has 0 aliphatic rings. The topological polar surface area (TPSA) is 64.1 Å². The average molecular weight is 209 g/mol. The van der Waals surface area contributed by atoms with Crippen LogP contribution >= 0.6 is 0 Å². The number of carbonyl (C=O) groups excluding carboxylic acids is 1. The number of amides is 1. The Balaban J connectivity index is 2.17. The predicted molar refractivity (Wildman–Crippen MR) is 55.0 cm³/mol. The SMILES string of the molecule is CCCOCC(=O)NCc1cccnn1. The molecule has 1 heterocycles. The van der Waals surface area contributed by atoms with Crippen molar-refractivity contribution in [3.63, 3.8) is 0 Å². The molecular formula is C10H15N3O2. The number of carbonyl (C=O) groups is 1. The van der Waals surface area contributed by atoms with Crippen LogP contribution in [0.4, 0.5) is 0 Å². The lowest BCUT2D eigenvalue weighted by Gasteiger charge is -2.04. The van der Waals surface area contributed by atoms with Crippen LogP contribution in [0.2, 0.25) is 0 Å². The van der Waals surface area contributed by atoms with Gasteiger partial charge in [0.15, 0.2) is 0 Å². The van der Waals surface area contributed by atoms with Crippen LogP contribution in [-0.4, -0.2) is 29.3 Å². The number of rotatable bonds is 6. The largest absolute Gasteiger partial charge is 0.372 e. The maximum atomic E-state index is 11.2. The minimum atomic E-state index is -0.130. The first-order valence-electron chi connectivity index (χ1n) is 4.94. The number of nitrogens with one attached hydrogen (secondary N) is 1. The Hall–Kier alpha value is -1.49. The van der Waals surface area contributed by atoms with Gasteiger partial charge in [0, 0.05) is 12.8 Å². The summed E-state index contributed by atoms with van der Waals surface area (Å²) >= 11 is 0. The van der Waals surface area contributed by atoms with E-state index < -0.39 is 0 Å². The highest BCUT2D eigenvalue weighted by molar-refractivity contribution is 5.77. The lowest BCUT2D eigenvalue weighted by molar-refractivity contribution is -0.125. The second-order valence-corrected chi connectivity index (χ2v) is 3.04. The minimum Gasteiger partial charge on any atom is -0.372 e. The van der Waals surface area contributed by atoms with Gasteiger partial charge in [-0.1, -0.05) is 6.92 Å². The summed E-state index contributed by atoms with van der Waals surface area (Å²) in [5, 5.41) is 10.2. The molecule has 0 saturated carbocycles. The molecule has 0 aromatic carbocycles. The fraction of sp³-hybridized carbons (Fsp3) is 0.500. The second-order valence-electron chi connectivity index (χ2n) is 3.04. The van der Waals surface area contributed by atoms with Gasteiger partial charge in [-0.05, 0) is 18.6 Å². The molecule has 82 valence electrons. The molecule has 0 atom stereocenters. The van der Waals surface area contributed by atoms with E-state index in [0.717, 1.165) is 12.1 Å². The summed E-state index contributed by atoms with van der Waals surface area (Å²) in [4.78, 5) is 11.2. The Kier molecular flexibility index (Phi) is 5.32. The molecule has 1 aromatic rings. The average Bonchev–Trinajstić information content (AvgIpc) is 2.28. The van der Waals surface area contributed by atoms with E-state index in [1.54, 1.807) is 18.3 Å². The maximum absolute atomic E-state index is 11.2. The minimum absolute atomic E-state index is 0.105. The summed E-state index contributed by atoms with van der Waals surface area (Å²) in [6.07, 6.45) is 2.51. The highest BCUT2D eigenvalue weighted by atomic mass is 16.5. The van der Waals surface area contributed by atoms with Crippen LogP contribution in [0.15, 0.2) is 18.3 Å². The maximum Gasteiger partial charge on any atom is 0.246 e. The summed E-state index contributed by atoms with van der Waals surface area (Å²) in [6.45, 7) is 3.10. The summed E-state index contributed by atoms with van der Waals surface area (Å²) in [5.41, 5.74) is 0.737. The van der Waals surface area contributed by atoms with Crippen LogP contribution in [0.3, 0.4) is 0 Å². The van der Waals surface area contributed by atoms with Gasteiger partial charge in [-0.25, -0.2) is 0 Å². The third-order valence-corrected chi connectivity index (χ3v) is 1.68. The molecule has 5 heteroatoms. The molecule has 0 bridgehead atoms. The summed E-state index contributed by atoms with van der Waals surface area (Å²) in [5.74, 6) is -0.130. The van der Waals surface area contributed by atoms with E-state index in [-0.39, 0.29) is 12.5 Å². The summed E-state index contributed by atoms with van der Waals surface area (Å²) in [6, 6.07) is 3.59. The third-order valence-electron chi connectivity index (χ3n) is 1.68. The predicted octanol–water partition coefficient (Wildman–Crippen LogP) is 0.519. The zero-order chi connectivity index (χ0) is 10.9. The Morgan fingerprint density at radius 3 is 3.13 bits per heavy atom. The zero-order valence-corrected chi connectivity index (χ0v) is 8.77. The van der Waals surface area contributed by atoms with E-state index in [1.807, 2.05) is 6.92 Å².